The van der Waals surface area contributed by atoms with E-state index in [-0.39, 0.29) is 28.3 Å². The molecule has 0 rings (SSSR count). The molecule has 2 atom stereocenters. The lowest BCUT2D eigenvalue weighted by Gasteiger charge is -2.44. The van der Waals surface area contributed by atoms with E-state index in [0.717, 1.165) is 6.29 Å². The maximum Gasteiger partial charge on any atom is 0.305 e. The van der Waals surface area contributed by atoms with Crippen LogP contribution in [-0.2, 0) is 23.2 Å². The Morgan fingerprint density at radius 1 is 0.871 bits per heavy atom. The molecule has 5 nitrogen and oxygen atoms in total. The average Bonchev–Trinajstić information content (AvgIpc) is 2.61. The van der Waals surface area contributed by atoms with E-state index in [9.17, 15) is 9.59 Å². The summed E-state index contributed by atoms with van der Waals surface area (Å²) in [4.78, 5) is 22.3. The SMILES string of the molecule is COC(=O)CCCC(O[Si](C)(C)C(C)(C)C)C(/C=C/C=C/C=O)O[Si](C)(C)C(C)(C)C. The Morgan fingerprint density at radius 3 is 1.84 bits per heavy atom. The molecular formula is C24H46O5Si2. The molecular weight excluding hydrogens is 424 g/mol. The number of carbonyl (C=O) groups is 2. The molecule has 0 fully saturated rings. The van der Waals surface area contributed by atoms with Gasteiger partial charge in [-0.15, -0.1) is 0 Å². The summed E-state index contributed by atoms with van der Waals surface area (Å²) >= 11 is 0. The van der Waals surface area contributed by atoms with Crippen LogP contribution in [0, 0.1) is 0 Å². The lowest BCUT2D eigenvalue weighted by atomic mass is 10.1. The van der Waals surface area contributed by atoms with Gasteiger partial charge in [0.25, 0.3) is 0 Å². The van der Waals surface area contributed by atoms with Gasteiger partial charge in [0.05, 0.1) is 19.3 Å². The lowest BCUT2D eigenvalue weighted by molar-refractivity contribution is -0.140. The number of hydrogen-bond acceptors (Lipinski definition) is 5. The molecule has 0 aromatic rings. The van der Waals surface area contributed by atoms with Crippen LogP contribution in [0.25, 0.3) is 0 Å². The van der Waals surface area contributed by atoms with Gasteiger partial charge >= 0.3 is 5.97 Å². The molecule has 0 spiro atoms. The number of hydrogen-bond donors (Lipinski definition) is 0. The van der Waals surface area contributed by atoms with E-state index in [1.807, 2.05) is 12.2 Å². The van der Waals surface area contributed by atoms with Crippen molar-refractivity contribution in [2.45, 2.75) is 109 Å². The molecule has 0 N–H and O–H groups in total. The highest BCUT2D eigenvalue weighted by molar-refractivity contribution is 6.74. The number of carbonyl (C=O) groups excluding carboxylic acids is 2. The molecule has 0 saturated heterocycles. The fourth-order valence-electron chi connectivity index (χ4n) is 2.43. The maximum absolute atomic E-state index is 11.7. The summed E-state index contributed by atoms with van der Waals surface area (Å²) in [6.07, 6.45) is 9.07. The van der Waals surface area contributed by atoms with Crippen LogP contribution in [0.4, 0.5) is 0 Å². The van der Waals surface area contributed by atoms with Crippen molar-refractivity contribution in [2.75, 3.05) is 7.11 Å². The van der Waals surface area contributed by atoms with Crippen molar-refractivity contribution < 1.29 is 23.2 Å². The van der Waals surface area contributed by atoms with E-state index >= 15 is 0 Å². The van der Waals surface area contributed by atoms with Crippen LogP contribution < -0.4 is 0 Å². The van der Waals surface area contributed by atoms with Crippen LogP contribution in [0.15, 0.2) is 24.3 Å². The predicted molar refractivity (Wildman–Crippen MR) is 134 cm³/mol. The summed E-state index contributed by atoms with van der Waals surface area (Å²) in [6.45, 7) is 22.2. The second-order valence-corrected chi connectivity index (χ2v) is 20.6. The Kier molecular flexibility index (Phi) is 11.9. The third kappa shape index (κ3) is 10.4. The van der Waals surface area contributed by atoms with Crippen LogP contribution in [-0.4, -0.2) is 48.2 Å². The minimum atomic E-state index is -2.09. The first-order valence-corrected chi connectivity index (χ1v) is 17.0. The number of allylic oxidation sites excluding steroid dienone is 3. The third-order valence-electron chi connectivity index (χ3n) is 6.55. The average molecular weight is 471 g/mol. The normalized spacial score (nSPS) is 16.0. The summed E-state index contributed by atoms with van der Waals surface area (Å²) in [7, 11) is -2.76. The standard InChI is InChI=1S/C24H46O5Si2/c1-23(2,3)30(8,9)28-20(16-13-12-14-19-25)21(17-15-18-22(26)27-7)29-31(10,11)24(4,5)6/h12-14,16,19-21H,15,17-18H2,1-11H3/b14-12+,16-13+. The molecule has 0 aromatic heterocycles. The zero-order valence-corrected chi connectivity index (χ0v) is 23.7. The second kappa shape index (κ2) is 12.3. The summed E-state index contributed by atoms with van der Waals surface area (Å²) in [5, 5.41) is 0.0987. The van der Waals surface area contributed by atoms with Gasteiger partial charge in [0, 0.05) is 6.42 Å². The van der Waals surface area contributed by atoms with Crippen LogP contribution in [0.5, 0.6) is 0 Å². The van der Waals surface area contributed by atoms with Crippen LogP contribution in [0.3, 0.4) is 0 Å². The molecule has 2 unspecified atom stereocenters. The quantitative estimate of drug-likeness (QED) is 0.108. The first kappa shape index (κ1) is 30.0. The zero-order valence-electron chi connectivity index (χ0n) is 21.7. The van der Waals surface area contributed by atoms with E-state index in [1.165, 1.54) is 13.2 Å². The Balaban J connectivity index is 6.01. The Labute approximate surface area is 192 Å². The topological polar surface area (TPSA) is 61.8 Å². The van der Waals surface area contributed by atoms with E-state index < -0.39 is 16.6 Å². The van der Waals surface area contributed by atoms with Crippen molar-refractivity contribution >= 4 is 28.9 Å². The first-order chi connectivity index (χ1) is 14.0. The van der Waals surface area contributed by atoms with E-state index in [4.69, 9.17) is 13.6 Å². The van der Waals surface area contributed by atoms with Crippen molar-refractivity contribution in [2.24, 2.45) is 0 Å². The number of aldehydes is 1. The van der Waals surface area contributed by atoms with E-state index in [2.05, 4.69) is 67.7 Å². The van der Waals surface area contributed by atoms with Gasteiger partial charge in [-0.2, -0.15) is 0 Å². The first-order valence-electron chi connectivity index (χ1n) is 11.2. The second-order valence-electron chi connectivity index (χ2n) is 11.1. The molecule has 0 radical (unpaired) electrons. The highest BCUT2D eigenvalue weighted by Crippen LogP contribution is 2.41. The number of methoxy groups -OCH3 is 1. The Morgan fingerprint density at radius 2 is 1.39 bits per heavy atom. The third-order valence-corrected chi connectivity index (χ3v) is 15.5. The van der Waals surface area contributed by atoms with Gasteiger partial charge < -0.3 is 13.6 Å². The number of ether oxygens (including phenoxy) is 1. The van der Waals surface area contributed by atoms with E-state index in [1.54, 1.807) is 6.08 Å². The summed E-state index contributed by atoms with van der Waals surface area (Å²) in [5.74, 6) is -0.211. The van der Waals surface area contributed by atoms with Gasteiger partial charge in [0.2, 0.25) is 0 Å². The molecule has 0 aliphatic carbocycles. The Hall–Kier alpha value is -1.03. The largest absolute Gasteiger partial charge is 0.469 e. The molecule has 0 aromatic carbocycles. The summed E-state index contributed by atoms with van der Waals surface area (Å²) in [6, 6.07) is 0. The Bertz CT molecular complexity index is 625. The van der Waals surface area contributed by atoms with Gasteiger partial charge in [-0.25, -0.2) is 0 Å². The smallest absolute Gasteiger partial charge is 0.305 e. The molecule has 0 aliphatic rings. The van der Waals surface area contributed by atoms with Crippen LogP contribution in [0.1, 0.15) is 60.8 Å². The van der Waals surface area contributed by atoms with Crippen molar-refractivity contribution in [3.63, 3.8) is 0 Å². The molecule has 7 heteroatoms. The number of rotatable bonds is 12. The highest BCUT2D eigenvalue weighted by atomic mass is 28.4. The van der Waals surface area contributed by atoms with Crippen molar-refractivity contribution in [1.29, 1.82) is 0 Å². The summed E-state index contributed by atoms with van der Waals surface area (Å²) in [5.41, 5.74) is 0. The summed E-state index contributed by atoms with van der Waals surface area (Å²) < 4.78 is 18.4. The lowest BCUT2D eigenvalue weighted by Crippen LogP contribution is -2.51. The number of esters is 1. The molecule has 31 heavy (non-hydrogen) atoms. The molecule has 0 aliphatic heterocycles. The van der Waals surface area contributed by atoms with Crippen molar-refractivity contribution in [3.05, 3.63) is 24.3 Å². The van der Waals surface area contributed by atoms with Gasteiger partial charge in [-0.05, 0) is 55.2 Å². The van der Waals surface area contributed by atoms with Crippen LogP contribution in [0.2, 0.25) is 36.3 Å². The van der Waals surface area contributed by atoms with Gasteiger partial charge in [0.15, 0.2) is 16.6 Å². The minimum absolute atomic E-state index is 0.0469. The zero-order chi connectivity index (χ0) is 24.5. The fourth-order valence-corrected chi connectivity index (χ4v) is 5.06. The molecule has 180 valence electrons. The van der Waals surface area contributed by atoms with Gasteiger partial charge in [0.1, 0.15) is 6.29 Å². The van der Waals surface area contributed by atoms with Crippen LogP contribution >= 0.6 is 0 Å². The molecule has 0 saturated carbocycles. The molecule has 0 bridgehead atoms. The monoisotopic (exact) mass is 470 g/mol. The predicted octanol–water partition coefficient (Wildman–Crippen LogP) is 6.42. The molecule has 0 amide bonds. The van der Waals surface area contributed by atoms with Gasteiger partial charge in [-0.3, -0.25) is 9.59 Å². The molecule has 0 heterocycles. The van der Waals surface area contributed by atoms with Gasteiger partial charge in [-0.1, -0.05) is 59.8 Å². The minimum Gasteiger partial charge on any atom is -0.469 e. The maximum atomic E-state index is 11.7. The van der Waals surface area contributed by atoms with Crippen molar-refractivity contribution in [1.82, 2.24) is 0 Å². The highest BCUT2D eigenvalue weighted by Gasteiger charge is 2.44. The fraction of sp³-hybridized carbons (Fsp3) is 0.750. The van der Waals surface area contributed by atoms with Crippen molar-refractivity contribution in [3.8, 4) is 0 Å². The van der Waals surface area contributed by atoms with E-state index in [0.29, 0.717) is 19.3 Å².